The van der Waals surface area contributed by atoms with Gasteiger partial charge in [0.25, 0.3) is 0 Å². The molecule has 104 valence electrons. The number of aliphatic hydroxyl groups excluding tert-OH is 1. The zero-order valence-electron chi connectivity index (χ0n) is 11.1. The number of esters is 1. The number of carbonyl (C=O) groups excluding carboxylic acids is 1. The zero-order valence-corrected chi connectivity index (χ0v) is 11.9. The quantitative estimate of drug-likeness (QED) is 0.842. The fourth-order valence-corrected chi connectivity index (χ4v) is 3.86. The second-order valence-corrected chi connectivity index (χ2v) is 5.99. The number of aliphatic hydroxyl groups is 1. The number of rotatable bonds is 5. The van der Waals surface area contributed by atoms with E-state index in [4.69, 9.17) is 4.74 Å². The Kier molecular flexibility index (Phi) is 5.28. The number of hydrogen-bond acceptors (Lipinski definition) is 4. The lowest BCUT2D eigenvalue weighted by molar-refractivity contribution is -0.150. The fraction of sp³-hybridized carbons (Fsp3) is 0.533. The molecular formula is C15H20O3S. The summed E-state index contributed by atoms with van der Waals surface area (Å²) >= 11 is 1.74. The summed E-state index contributed by atoms with van der Waals surface area (Å²) in [7, 11) is 0. The summed E-state index contributed by atoms with van der Waals surface area (Å²) in [6.45, 7) is 2.17. The molecule has 1 aromatic rings. The fourth-order valence-electron chi connectivity index (χ4n) is 2.45. The maximum atomic E-state index is 11.9. The predicted octanol–water partition coefficient (Wildman–Crippen LogP) is 2.62. The molecule has 3 atom stereocenters. The van der Waals surface area contributed by atoms with E-state index in [1.807, 2.05) is 18.2 Å². The molecule has 1 saturated carbocycles. The Morgan fingerprint density at radius 3 is 2.79 bits per heavy atom. The average molecular weight is 280 g/mol. The molecule has 1 aliphatic carbocycles. The molecule has 4 heteroatoms. The van der Waals surface area contributed by atoms with Crippen LogP contribution in [0.1, 0.15) is 25.3 Å². The molecule has 0 amide bonds. The number of benzene rings is 1. The van der Waals surface area contributed by atoms with Gasteiger partial charge in [-0.05, 0) is 25.3 Å². The van der Waals surface area contributed by atoms with Crippen molar-refractivity contribution in [2.24, 2.45) is 5.92 Å². The van der Waals surface area contributed by atoms with Crippen LogP contribution in [0.2, 0.25) is 0 Å². The van der Waals surface area contributed by atoms with Gasteiger partial charge in [0.2, 0.25) is 0 Å². The molecule has 0 aliphatic heterocycles. The van der Waals surface area contributed by atoms with Crippen LogP contribution in [0.3, 0.4) is 0 Å². The van der Waals surface area contributed by atoms with Crippen molar-refractivity contribution in [1.82, 2.24) is 0 Å². The molecule has 0 heterocycles. The maximum Gasteiger partial charge on any atom is 0.312 e. The van der Waals surface area contributed by atoms with E-state index < -0.39 is 6.10 Å². The molecular weight excluding hydrogens is 260 g/mol. The first kappa shape index (κ1) is 14.4. The smallest absolute Gasteiger partial charge is 0.312 e. The summed E-state index contributed by atoms with van der Waals surface area (Å²) in [4.78, 5) is 11.9. The maximum absolute atomic E-state index is 11.9. The van der Waals surface area contributed by atoms with Crippen molar-refractivity contribution in [3.63, 3.8) is 0 Å². The number of carbonyl (C=O) groups is 1. The van der Waals surface area contributed by atoms with Crippen molar-refractivity contribution < 1.29 is 14.6 Å². The number of thioether (sulfide) groups is 1. The van der Waals surface area contributed by atoms with E-state index in [1.54, 1.807) is 18.7 Å². The van der Waals surface area contributed by atoms with Gasteiger partial charge >= 0.3 is 5.97 Å². The predicted molar refractivity (Wildman–Crippen MR) is 76.9 cm³/mol. The van der Waals surface area contributed by atoms with E-state index in [1.165, 1.54) is 5.56 Å². The van der Waals surface area contributed by atoms with Crippen LogP contribution in [-0.2, 0) is 15.3 Å². The van der Waals surface area contributed by atoms with Crippen molar-refractivity contribution in [1.29, 1.82) is 0 Å². The second-order valence-electron chi connectivity index (χ2n) is 4.76. The third-order valence-electron chi connectivity index (χ3n) is 3.43. The van der Waals surface area contributed by atoms with Gasteiger partial charge in [0.05, 0.1) is 18.6 Å². The lowest BCUT2D eigenvalue weighted by Crippen LogP contribution is -2.31. The molecule has 0 saturated heterocycles. The van der Waals surface area contributed by atoms with Gasteiger partial charge in [-0.1, -0.05) is 30.3 Å². The van der Waals surface area contributed by atoms with Crippen LogP contribution in [0, 0.1) is 5.92 Å². The molecule has 0 bridgehead atoms. The average Bonchev–Trinajstić information content (AvgIpc) is 2.79. The molecule has 0 spiro atoms. The molecule has 1 fully saturated rings. The molecule has 1 aromatic carbocycles. The van der Waals surface area contributed by atoms with Gasteiger partial charge in [0.1, 0.15) is 0 Å². The van der Waals surface area contributed by atoms with Crippen LogP contribution in [0.5, 0.6) is 0 Å². The van der Waals surface area contributed by atoms with Crippen LogP contribution < -0.4 is 0 Å². The normalized spacial score (nSPS) is 26.3. The summed E-state index contributed by atoms with van der Waals surface area (Å²) in [6.07, 6.45) is 1.02. The largest absolute Gasteiger partial charge is 0.466 e. The summed E-state index contributed by atoms with van der Waals surface area (Å²) in [5.41, 5.74) is 1.25. The van der Waals surface area contributed by atoms with E-state index in [0.717, 1.165) is 12.2 Å². The first-order valence-corrected chi connectivity index (χ1v) is 7.77. The van der Waals surface area contributed by atoms with Crippen LogP contribution in [0.25, 0.3) is 0 Å². The Morgan fingerprint density at radius 1 is 1.37 bits per heavy atom. The molecule has 1 aliphatic rings. The highest BCUT2D eigenvalue weighted by atomic mass is 32.2. The topological polar surface area (TPSA) is 46.5 Å². The Hall–Kier alpha value is -1.00. The van der Waals surface area contributed by atoms with Gasteiger partial charge in [0, 0.05) is 11.0 Å². The van der Waals surface area contributed by atoms with E-state index in [9.17, 15) is 9.90 Å². The van der Waals surface area contributed by atoms with E-state index >= 15 is 0 Å². The molecule has 0 radical (unpaired) electrons. The van der Waals surface area contributed by atoms with Crippen molar-refractivity contribution in [2.45, 2.75) is 36.9 Å². The van der Waals surface area contributed by atoms with Gasteiger partial charge in [-0.3, -0.25) is 4.79 Å². The minimum atomic E-state index is -0.549. The lowest BCUT2D eigenvalue weighted by Gasteiger charge is -2.20. The van der Waals surface area contributed by atoms with E-state index in [0.29, 0.717) is 13.0 Å². The molecule has 1 N–H and O–H groups in total. The van der Waals surface area contributed by atoms with Crippen LogP contribution in [0.15, 0.2) is 30.3 Å². The summed E-state index contributed by atoms with van der Waals surface area (Å²) in [5.74, 6) is 0.250. The zero-order chi connectivity index (χ0) is 13.7. The molecule has 2 rings (SSSR count). The monoisotopic (exact) mass is 280 g/mol. The van der Waals surface area contributed by atoms with Gasteiger partial charge in [0.15, 0.2) is 0 Å². The molecule has 3 nitrogen and oxygen atoms in total. The van der Waals surface area contributed by atoms with Crippen molar-refractivity contribution in [3.05, 3.63) is 35.9 Å². The SMILES string of the molecule is CCOC(=O)[C@@H]1[C@H](O)CC[C@H]1SCc1ccccc1. The highest BCUT2D eigenvalue weighted by Gasteiger charge is 2.41. The lowest BCUT2D eigenvalue weighted by atomic mass is 10.1. The van der Waals surface area contributed by atoms with E-state index in [2.05, 4.69) is 12.1 Å². The highest BCUT2D eigenvalue weighted by Crippen LogP contribution is 2.37. The number of hydrogen-bond donors (Lipinski definition) is 1. The van der Waals surface area contributed by atoms with Crippen molar-refractivity contribution in [3.8, 4) is 0 Å². The number of ether oxygens (including phenoxy) is 1. The first-order valence-electron chi connectivity index (χ1n) is 6.72. The minimum Gasteiger partial charge on any atom is -0.466 e. The molecule has 0 unspecified atom stereocenters. The van der Waals surface area contributed by atoms with Gasteiger partial charge < -0.3 is 9.84 Å². The van der Waals surface area contributed by atoms with Gasteiger partial charge in [-0.15, -0.1) is 0 Å². The summed E-state index contributed by atoms with van der Waals surface area (Å²) in [5, 5.41) is 10.1. The Balaban J connectivity index is 1.93. The first-order chi connectivity index (χ1) is 9.22. The standard InChI is InChI=1S/C15H20O3S/c1-2-18-15(17)14-12(16)8-9-13(14)19-10-11-6-4-3-5-7-11/h3-7,12-14,16H,2,8-10H2,1H3/t12-,13-,14-/m1/s1. The summed E-state index contributed by atoms with van der Waals surface area (Å²) < 4.78 is 5.07. The van der Waals surface area contributed by atoms with Crippen LogP contribution in [0.4, 0.5) is 0 Å². The Bertz CT molecular complexity index is 407. The molecule has 19 heavy (non-hydrogen) atoms. The third kappa shape index (κ3) is 3.74. The highest BCUT2D eigenvalue weighted by molar-refractivity contribution is 7.99. The van der Waals surface area contributed by atoms with Gasteiger partial charge in [-0.2, -0.15) is 11.8 Å². The second kappa shape index (κ2) is 6.96. The Labute approximate surface area is 118 Å². The minimum absolute atomic E-state index is 0.161. The van der Waals surface area contributed by atoms with E-state index in [-0.39, 0.29) is 17.1 Å². The third-order valence-corrected chi connectivity index (χ3v) is 4.88. The molecule has 0 aromatic heterocycles. The van der Waals surface area contributed by atoms with Crippen LogP contribution >= 0.6 is 11.8 Å². The van der Waals surface area contributed by atoms with Crippen molar-refractivity contribution in [2.75, 3.05) is 6.61 Å². The summed E-state index contributed by atoms with van der Waals surface area (Å²) in [6, 6.07) is 10.2. The van der Waals surface area contributed by atoms with Gasteiger partial charge in [-0.25, -0.2) is 0 Å². The Morgan fingerprint density at radius 2 is 2.11 bits per heavy atom. The van der Waals surface area contributed by atoms with Crippen LogP contribution in [-0.4, -0.2) is 29.0 Å². The van der Waals surface area contributed by atoms with Crippen molar-refractivity contribution >= 4 is 17.7 Å².